The van der Waals surface area contributed by atoms with Crippen molar-refractivity contribution in [2.45, 2.75) is 24.0 Å². The van der Waals surface area contributed by atoms with Gasteiger partial charge in [0, 0.05) is 52.1 Å². The van der Waals surface area contributed by atoms with Gasteiger partial charge in [-0.1, -0.05) is 54.2 Å². The highest BCUT2D eigenvalue weighted by Crippen LogP contribution is 2.28. The summed E-state index contributed by atoms with van der Waals surface area (Å²) in [7, 11) is 1.69. The quantitative estimate of drug-likeness (QED) is 0.496. The van der Waals surface area contributed by atoms with Crippen LogP contribution in [0.1, 0.15) is 5.56 Å². The van der Waals surface area contributed by atoms with Crippen LogP contribution in [0.5, 0.6) is 0 Å². The van der Waals surface area contributed by atoms with Crippen molar-refractivity contribution in [2.75, 3.05) is 45.5 Å². The maximum absolute atomic E-state index is 12.9. The average Bonchev–Trinajstić information content (AvgIpc) is 3.50. The van der Waals surface area contributed by atoms with Crippen LogP contribution in [0, 0.1) is 0 Å². The topological polar surface area (TPSA) is 97.5 Å². The van der Waals surface area contributed by atoms with E-state index in [0.717, 1.165) is 49.8 Å². The number of carbonyl (C=O) groups excluding carboxylic acids is 2. The second-order valence-electron chi connectivity index (χ2n) is 9.43. The number of nitrogens with zero attached hydrogens (tertiary/aromatic N) is 6. The first-order valence-electron chi connectivity index (χ1n) is 12.5. The van der Waals surface area contributed by atoms with Crippen LogP contribution in [0.2, 0.25) is 0 Å². The van der Waals surface area contributed by atoms with E-state index in [1.807, 2.05) is 35.2 Å². The first kappa shape index (κ1) is 23.8. The number of carbonyl (C=O) groups is 2. The van der Waals surface area contributed by atoms with Crippen LogP contribution in [-0.2, 0) is 11.3 Å². The molecule has 0 saturated carbocycles. The van der Waals surface area contributed by atoms with Gasteiger partial charge >= 0.3 is 6.03 Å². The zero-order valence-corrected chi connectivity index (χ0v) is 21.4. The van der Waals surface area contributed by atoms with E-state index in [2.05, 4.69) is 44.4 Å². The largest absolute Gasteiger partial charge is 0.431 e. The van der Waals surface area contributed by atoms with E-state index in [-0.39, 0.29) is 5.91 Å². The lowest BCUT2D eigenvalue weighted by atomic mass is 10.1. The summed E-state index contributed by atoms with van der Waals surface area (Å²) in [6.07, 6.45) is -0.534. The number of imide groups is 1. The number of guanidine groups is 1. The molecule has 2 unspecified atom stereocenters. The predicted octanol–water partition coefficient (Wildman–Crippen LogP) is 2.29. The second kappa shape index (κ2) is 10.1. The minimum atomic E-state index is -0.552. The number of aromatic nitrogens is 1. The summed E-state index contributed by atoms with van der Waals surface area (Å²) in [5.41, 5.74) is 2.89. The van der Waals surface area contributed by atoms with Crippen LogP contribution >= 0.6 is 11.8 Å². The van der Waals surface area contributed by atoms with Gasteiger partial charge in [-0.15, -0.1) is 0 Å². The van der Waals surface area contributed by atoms with E-state index < -0.39 is 18.2 Å². The Bertz CT molecular complexity index is 1290. The molecule has 0 aliphatic carbocycles. The number of nitrogens with one attached hydrogen (secondary N) is 1. The molecule has 3 amide bonds. The number of benzene rings is 2. The maximum atomic E-state index is 12.9. The predicted molar refractivity (Wildman–Crippen MR) is 141 cm³/mol. The molecule has 2 fully saturated rings. The van der Waals surface area contributed by atoms with Crippen LogP contribution in [0.4, 0.5) is 4.79 Å². The van der Waals surface area contributed by atoms with E-state index in [9.17, 15) is 9.59 Å². The Morgan fingerprint density at radius 2 is 1.78 bits per heavy atom. The molecule has 11 heteroatoms. The van der Waals surface area contributed by atoms with Crippen molar-refractivity contribution in [1.82, 2.24) is 29.9 Å². The number of thioether (sulfide) groups is 1. The summed E-state index contributed by atoms with van der Waals surface area (Å²) in [5.74, 6) is 1.14. The van der Waals surface area contributed by atoms with Crippen molar-refractivity contribution in [3.63, 3.8) is 0 Å². The third-order valence-corrected chi connectivity index (χ3v) is 7.88. The molecule has 1 aromatic heterocycles. The van der Waals surface area contributed by atoms with E-state index in [1.165, 1.54) is 22.2 Å². The van der Waals surface area contributed by atoms with Gasteiger partial charge in [-0.3, -0.25) is 15.0 Å². The lowest BCUT2D eigenvalue weighted by molar-refractivity contribution is -0.127. The first-order valence-corrected chi connectivity index (χ1v) is 13.5. The molecule has 10 nitrogen and oxygen atoms in total. The molecule has 4 heterocycles. The Hall–Kier alpha value is -3.57. The number of oxazole rings is 1. The standard InChI is InChI=1S/C26H29N7O3S/c1-30-22-21(23(34)29-25(30)35)33(15-16-37-26-27-19-9-5-6-10-20(19)36-26)24(28-22)32-13-11-31(12-14-32)17-18-7-3-2-4-8-18/h2-10,21-22H,11-17H2,1H3,(H,29,34,35). The SMILES string of the molecule is CN1C(=O)NC(=O)C2C1N=C(N1CCN(Cc3ccccc3)CC1)N2CCSc1nc2ccccc2o1. The Morgan fingerprint density at radius 3 is 2.57 bits per heavy atom. The van der Waals surface area contributed by atoms with Crippen molar-refractivity contribution in [1.29, 1.82) is 0 Å². The van der Waals surface area contributed by atoms with Gasteiger partial charge in [-0.2, -0.15) is 0 Å². The van der Waals surface area contributed by atoms with Crippen LogP contribution in [-0.4, -0.2) is 100 Å². The van der Waals surface area contributed by atoms with Crippen LogP contribution < -0.4 is 5.32 Å². The number of aliphatic imine (C=N–C) groups is 1. The number of hydrogen-bond acceptors (Lipinski definition) is 9. The number of piperazine rings is 1. The Labute approximate surface area is 219 Å². The number of likely N-dealkylation sites (N-methyl/N-ethyl adjacent to an activating group) is 1. The van der Waals surface area contributed by atoms with Gasteiger partial charge in [0.2, 0.25) is 0 Å². The Balaban J connectivity index is 1.15. The van der Waals surface area contributed by atoms with Gasteiger partial charge in [0.05, 0.1) is 0 Å². The molecular formula is C26H29N7O3S. The van der Waals surface area contributed by atoms with Gasteiger partial charge in [-0.05, 0) is 17.7 Å². The molecule has 1 N–H and O–H groups in total. The first-order chi connectivity index (χ1) is 18.1. The van der Waals surface area contributed by atoms with Crippen molar-refractivity contribution < 1.29 is 14.0 Å². The second-order valence-corrected chi connectivity index (χ2v) is 10.5. The number of hydrogen-bond donors (Lipinski definition) is 1. The zero-order chi connectivity index (χ0) is 25.4. The molecule has 3 aliphatic heterocycles. The smallest absolute Gasteiger partial charge is 0.325 e. The molecule has 6 rings (SSSR count). The lowest BCUT2D eigenvalue weighted by Crippen LogP contribution is -2.64. The molecule has 3 aromatic rings. The Kier molecular flexibility index (Phi) is 6.47. The highest BCUT2D eigenvalue weighted by Gasteiger charge is 2.49. The van der Waals surface area contributed by atoms with Crippen LogP contribution in [0.15, 0.2) is 69.2 Å². The fourth-order valence-electron chi connectivity index (χ4n) is 5.11. The highest BCUT2D eigenvalue weighted by molar-refractivity contribution is 7.99. The molecule has 37 heavy (non-hydrogen) atoms. The fraction of sp³-hybridized carbons (Fsp3) is 0.385. The summed E-state index contributed by atoms with van der Waals surface area (Å²) in [6, 6.07) is 17.2. The minimum absolute atomic E-state index is 0.304. The number of fused-ring (bicyclic) bond motifs is 2. The van der Waals surface area contributed by atoms with Gasteiger partial charge in [0.15, 0.2) is 23.8 Å². The number of rotatable bonds is 6. The van der Waals surface area contributed by atoms with Crippen LogP contribution in [0.3, 0.4) is 0 Å². The molecule has 192 valence electrons. The molecule has 0 radical (unpaired) electrons. The monoisotopic (exact) mass is 519 g/mol. The normalized spacial score (nSPS) is 22.4. The number of amides is 3. The zero-order valence-electron chi connectivity index (χ0n) is 20.6. The molecular weight excluding hydrogens is 490 g/mol. The van der Waals surface area contributed by atoms with Gasteiger partial charge in [0.25, 0.3) is 11.1 Å². The van der Waals surface area contributed by atoms with E-state index in [4.69, 9.17) is 9.41 Å². The molecule has 2 aromatic carbocycles. The number of para-hydroxylation sites is 2. The van der Waals surface area contributed by atoms with Gasteiger partial charge < -0.3 is 19.1 Å². The van der Waals surface area contributed by atoms with E-state index >= 15 is 0 Å². The van der Waals surface area contributed by atoms with Gasteiger partial charge in [0.1, 0.15) is 5.52 Å². The van der Waals surface area contributed by atoms with E-state index in [0.29, 0.717) is 17.5 Å². The molecule has 0 spiro atoms. The van der Waals surface area contributed by atoms with Crippen molar-refractivity contribution in [2.24, 2.45) is 4.99 Å². The number of urea groups is 1. The Morgan fingerprint density at radius 1 is 1.03 bits per heavy atom. The van der Waals surface area contributed by atoms with E-state index in [1.54, 1.807) is 7.05 Å². The molecule has 0 bridgehead atoms. The average molecular weight is 520 g/mol. The molecule has 2 atom stereocenters. The maximum Gasteiger partial charge on any atom is 0.325 e. The summed E-state index contributed by atoms with van der Waals surface area (Å²) in [4.78, 5) is 42.9. The summed E-state index contributed by atoms with van der Waals surface area (Å²) in [5, 5.41) is 3.08. The van der Waals surface area contributed by atoms with Crippen molar-refractivity contribution >= 4 is 40.8 Å². The highest BCUT2D eigenvalue weighted by atomic mass is 32.2. The van der Waals surface area contributed by atoms with Crippen molar-refractivity contribution in [3.05, 3.63) is 60.2 Å². The summed E-state index contributed by atoms with van der Waals surface area (Å²) in [6.45, 7) is 4.89. The van der Waals surface area contributed by atoms with Gasteiger partial charge in [-0.25, -0.2) is 14.8 Å². The van der Waals surface area contributed by atoms with Crippen molar-refractivity contribution in [3.8, 4) is 0 Å². The van der Waals surface area contributed by atoms with Crippen LogP contribution in [0.25, 0.3) is 11.1 Å². The fourth-order valence-corrected chi connectivity index (χ4v) is 5.88. The third-order valence-electron chi connectivity index (χ3n) is 7.07. The summed E-state index contributed by atoms with van der Waals surface area (Å²) >= 11 is 1.51. The lowest BCUT2D eigenvalue weighted by Gasteiger charge is -2.40. The minimum Gasteiger partial charge on any atom is -0.431 e. The summed E-state index contributed by atoms with van der Waals surface area (Å²) < 4.78 is 5.85. The molecule has 3 aliphatic rings. The third kappa shape index (κ3) is 4.76. The molecule has 2 saturated heterocycles.